The molecule has 3 heterocycles. The predicted molar refractivity (Wildman–Crippen MR) is 132 cm³/mol. The molecule has 0 radical (unpaired) electrons. The number of nitrogens with zero attached hydrogens (tertiary/aromatic N) is 3. The third-order valence-electron chi connectivity index (χ3n) is 6.21. The Morgan fingerprint density at radius 3 is 2.42 bits per heavy atom. The van der Waals surface area contributed by atoms with Crippen molar-refractivity contribution in [1.29, 1.82) is 0 Å². The Morgan fingerprint density at radius 2 is 1.76 bits per heavy atom. The van der Waals surface area contributed by atoms with Crippen molar-refractivity contribution in [2.24, 2.45) is 0 Å². The molecule has 0 spiro atoms. The molecule has 0 atom stereocenters. The van der Waals surface area contributed by atoms with Crippen molar-refractivity contribution in [2.75, 3.05) is 13.1 Å². The molecule has 1 saturated heterocycles. The zero-order valence-electron chi connectivity index (χ0n) is 19.6. The van der Waals surface area contributed by atoms with Crippen LogP contribution in [0.4, 0.5) is 0 Å². The summed E-state index contributed by atoms with van der Waals surface area (Å²) in [6.45, 7) is 9.52. The third-order valence-corrected chi connectivity index (χ3v) is 6.52. The molecule has 2 aromatic heterocycles. The smallest absolute Gasteiger partial charge is 0.253 e. The fourth-order valence-electron chi connectivity index (χ4n) is 4.10. The Kier molecular flexibility index (Phi) is 6.55. The number of piperidine rings is 1. The van der Waals surface area contributed by atoms with Crippen molar-refractivity contribution < 1.29 is 9.90 Å². The van der Waals surface area contributed by atoms with Crippen molar-refractivity contribution in [3.8, 4) is 22.3 Å². The third kappa shape index (κ3) is 5.10. The number of aliphatic hydroxyl groups is 1. The molecule has 1 amide bonds. The highest BCUT2D eigenvalue weighted by Gasteiger charge is 2.23. The van der Waals surface area contributed by atoms with Gasteiger partial charge in [-0.05, 0) is 55.7 Å². The number of carbonyl (C=O) groups is 1. The van der Waals surface area contributed by atoms with Gasteiger partial charge in [-0.1, -0.05) is 38.4 Å². The van der Waals surface area contributed by atoms with E-state index in [0.717, 1.165) is 33.6 Å². The van der Waals surface area contributed by atoms with Crippen LogP contribution < -0.4 is 0 Å². The minimum absolute atomic E-state index is 0.0465. The zero-order chi connectivity index (χ0) is 23.8. The quantitative estimate of drug-likeness (QED) is 0.543. The van der Waals surface area contributed by atoms with Crippen LogP contribution in [0.3, 0.4) is 0 Å². The van der Waals surface area contributed by atoms with Crippen LogP contribution in [0.15, 0.2) is 48.8 Å². The van der Waals surface area contributed by atoms with E-state index in [1.807, 2.05) is 37.5 Å². The van der Waals surface area contributed by atoms with E-state index in [-0.39, 0.29) is 17.4 Å². The lowest BCUT2D eigenvalue weighted by Crippen LogP contribution is -2.40. The molecule has 0 unspecified atom stereocenters. The van der Waals surface area contributed by atoms with Crippen LogP contribution in [0.2, 0.25) is 5.02 Å². The summed E-state index contributed by atoms with van der Waals surface area (Å²) in [7, 11) is 0. The summed E-state index contributed by atoms with van der Waals surface area (Å²) in [5.74, 6) is -0.0505. The largest absolute Gasteiger partial charge is 0.393 e. The molecule has 0 saturated carbocycles. The van der Waals surface area contributed by atoms with E-state index in [1.54, 1.807) is 11.0 Å². The molecule has 0 bridgehead atoms. The van der Waals surface area contributed by atoms with Crippen LogP contribution in [0, 0.1) is 6.92 Å². The first-order valence-corrected chi connectivity index (χ1v) is 11.7. The summed E-state index contributed by atoms with van der Waals surface area (Å²) in [5, 5.41) is 10.2. The number of likely N-dealkylation sites (tertiary alicyclic amines) is 1. The second-order valence-electron chi connectivity index (χ2n) is 9.75. The van der Waals surface area contributed by atoms with Gasteiger partial charge in [0.2, 0.25) is 0 Å². The topological polar surface area (TPSA) is 66.3 Å². The Labute approximate surface area is 200 Å². The van der Waals surface area contributed by atoms with E-state index in [0.29, 0.717) is 36.5 Å². The van der Waals surface area contributed by atoms with E-state index < -0.39 is 0 Å². The number of aryl methyl sites for hydroxylation is 1. The van der Waals surface area contributed by atoms with Crippen LogP contribution in [0.5, 0.6) is 0 Å². The molecule has 33 heavy (non-hydrogen) atoms. The number of hydrogen-bond donors (Lipinski definition) is 1. The zero-order valence-corrected chi connectivity index (χ0v) is 20.4. The molecule has 172 valence electrons. The Bertz CT molecular complexity index is 1180. The van der Waals surface area contributed by atoms with Gasteiger partial charge in [0.25, 0.3) is 5.91 Å². The van der Waals surface area contributed by atoms with E-state index >= 15 is 0 Å². The van der Waals surface area contributed by atoms with Crippen LogP contribution in [-0.2, 0) is 5.41 Å². The number of pyridine rings is 2. The highest BCUT2D eigenvalue weighted by molar-refractivity contribution is 6.33. The van der Waals surface area contributed by atoms with Crippen molar-refractivity contribution in [3.05, 3.63) is 70.8 Å². The highest BCUT2D eigenvalue weighted by Crippen LogP contribution is 2.34. The monoisotopic (exact) mass is 463 g/mol. The molecule has 0 aliphatic carbocycles. The van der Waals surface area contributed by atoms with Crippen molar-refractivity contribution in [3.63, 3.8) is 0 Å². The Morgan fingerprint density at radius 1 is 1.03 bits per heavy atom. The molecule has 1 aromatic carbocycles. The molecule has 1 N–H and O–H groups in total. The molecule has 1 aliphatic rings. The van der Waals surface area contributed by atoms with Gasteiger partial charge in [0.15, 0.2) is 0 Å². The van der Waals surface area contributed by atoms with E-state index in [1.165, 1.54) is 0 Å². The van der Waals surface area contributed by atoms with Gasteiger partial charge in [-0.25, -0.2) is 0 Å². The first kappa shape index (κ1) is 23.4. The molecule has 5 nitrogen and oxygen atoms in total. The van der Waals surface area contributed by atoms with Gasteiger partial charge in [-0.2, -0.15) is 0 Å². The van der Waals surface area contributed by atoms with Gasteiger partial charge in [-0.15, -0.1) is 0 Å². The van der Waals surface area contributed by atoms with Gasteiger partial charge in [0.05, 0.1) is 6.10 Å². The minimum Gasteiger partial charge on any atom is -0.393 e. The second-order valence-corrected chi connectivity index (χ2v) is 10.2. The van der Waals surface area contributed by atoms with Crippen LogP contribution in [-0.4, -0.2) is 45.1 Å². The van der Waals surface area contributed by atoms with Crippen molar-refractivity contribution in [1.82, 2.24) is 14.9 Å². The summed E-state index contributed by atoms with van der Waals surface area (Å²) in [4.78, 5) is 23.8. The molecule has 4 rings (SSSR count). The van der Waals surface area contributed by atoms with Crippen LogP contribution >= 0.6 is 11.6 Å². The molecule has 6 heteroatoms. The number of carbonyl (C=O) groups excluding carboxylic acids is 1. The minimum atomic E-state index is -0.317. The normalized spacial score (nSPS) is 15.0. The summed E-state index contributed by atoms with van der Waals surface area (Å²) in [6.07, 6.45) is 4.62. The number of amides is 1. The standard InChI is InChI=1S/C27H30ClN3O2/c1-17-23(13-20(16-30-17)18-7-10-29-25(15-18)27(2,3)4)22-6-5-19(14-24(22)28)26(33)31-11-8-21(32)9-12-31/h5-7,10,13-16,21,32H,8-9,11-12H2,1-4H3. The van der Waals surface area contributed by atoms with E-state index in [4.69, 9.17) is 11.6 Å². The molecule has 1 aliphatic heterocycles. The average Bonchev–Trinajstić information content (AvgIpc) is 2.79. The van der Waals surface area contributed by atoms with Gasteiger partial charge in [-0.3, -0.25) is 14.8 Å². The molecule has 1 fully saturated rings. The predicted octanol–water partition coefficient (Wildman–Crippen LogP) is 5.67. The summed E-state index contributed by atoms with van der Waals surface area (Å²) < 4.78 is 0. The maximum Gasteiger partial charge on any atom is 0.253 e. The lowest BCUT2D eigenvalue weighted by Gasteiger charge is -2.29. The fraction of sp³-hybridized carbons (Fsp3) is 0.370. The second kappa shape index (κ2) is 9.24. The first-order chi connectivity index (χ1) is 15.6. The maximum atomic E-state index is 12.9. The summed E-state index contributed by atoms with van der Waals surface area (Å²) in [6, 6.07) is 11.7. The van der Waals surface area contributed by atoms with E-state index in [2.05, 4.69) is 42.9 Å². The Balaban J connectivity index is 1.65. The average molecular weight is 464 g/mol. The summed E-state index contributed by atoms with van der Waals surface area (Å²) >= 11 is 6.68. The highest BCUT2D eigenvalue weighted by atomic mass is 35.5. The van der Waals surface area contributed by atoms with Gasteiger partial charge >= 0.3 is 0 Å². The van der Waals surface area contributed by atoms with Gasteiger partial charge < -0.3 is 10.0 Å². The fourth-order valence-corrected chi connectivity index (χ4v) is 4.38. The number of benzene rings is 1. The van der Waals surface area contributed by atoms with Crippen LogP contribution in [0.1, 0.15) is 55.4 Å². The summed E-state index contributed by atoms with van der Waals surface area (Å²) in [5.41, 5.74) is 6.24. The van der Waals surface area contributed by atoms with E-state index in [9.17, 15) is 9.90 Å². The van der Waals surface area contributed by atoms with Crippen LogP contribution in [0.25, 0.3) is 22.3 Å². The molecule has 3 aromatic rings. The number of halogens is 1. The SMILES string of the molecule is Cc1ncc(-c2ccnc(C(C)(C)C)c2)cc1-c1ccc(C(=O)N2CCC(O)CC2)cc1Cl. The van der Waals surface area contributed by atoms with Crippen molar-refractivity contribution in [2.45, 2.75) is 52.1 Å². The lowest BCUT2D eigenvalue weighted by atomic mass is 9.90. The number of aliphatic hydroxyl groups excluding tert-OH is 1. The number of rotatable bonds is 3. The molecular formula is C27H30ClN3O2. The number of aromatic nitrogens is 2. The van der Waals surface area contributed by atoms with Gasteiger partial charge in [0, 0.05) is 69.6 Å². The maximum absolute atomic E-state index is 12.9. The van der Waals surface area contributed by atoms with Crippen molar-refractivity contribution >= 4 is 17.5 Å². The number of hydrogen-bond acceptors (Lipinski definition) is 4. The Hall–Kier alpha value is -2.76. The lowest BCUT2D eigenvalue weighted by molar-refractivity contribution is 0.0546. The van der Waals surface area contributed by atoms with Gasteiger partial charge in [0.1, 0.15) is 0 Å². The molecular weight excluding hydrogens is 434 g/mol. The first-order valence-electron chi connectivity index (χ1n) is 11.3.